The maximum absolute atomic E-state index is 11.0. The first-order valence-electron chi connectivity index (χ1n) is 3.65. The quantitative estimate of drug-likeness (QED) is 0.656. The van der Waals surface area contributed by atoms with E-state index in [9.17, 15) is 4.79 Å². The second-order valence-corrected chi connectivity index (χ2v) is 3.68. The number of aryl methyl sites for hydroxylation is 1. The van der Waals surface area contributed by atoms with Crippen molar-refractivity contribution >= 4 is 23.4 Å². The van der Waals surface area contributed by atoms with Gasteiger partial charge < -0.3 is 5.32 Å². The molecule has 1 N–H and O–H groups in total. The number of thioether (sulfide) groups is 1. The van der Waals surface area contributed by atoms with Gasteiger partial charge in [0.25, 0.3) is 0 Å². The van der Waals surface area contributed by atoms with Crippen molar-refractivity contribution in [3.63, 3.8) is 0 Å². The van der Waals surface area contributed by atoms with Crippen molar-refractivity contribution in [2.24, 2.45) is 0 Å². The average molecular weight is 180 g/mol. The molecule has 0 aromatic carbocycles. The Labute approximate surface area is 74.6 Å². The predicted octanol–water partition coefficient (Wildman–Crippen LogP) is 1.43. The van der Waals surface area contributed by atoms with Crippen LogP contribution in [0.15, 0.2) is 17.2 Å². The van der Waals surface area contributed by atoms with Crippen molar-refractivity contribution in [2.75, 3.05) is 11.1 Å². The number of carbonyl (C=O) groups excluding carboxylic acids is 1. The Hall–Kier alpha value is -1.03. The number of hydrogen-bond donors (Lipinski definition) is 1. The fourth-order valence-corrected chi connectivity index (χ4v) is 1.84. The Balaban J connectivity index is 2.44. The molecule has 1 aliphatic rings. The summed E-state index contributed by atoms with van der Waals surface area (Å²) in [7, 11) is 0. The molecule has 62 valence electrons. The van der Waals surface area contributed by atoms with Gasteiger partial charge in [-0.2, -0.15) is 0 Å². The topological polar surface area (TPSA) is 42.0 Å². The number of nitrogens with zero attached hydrogens (tertiary/aromatic N) is 1. The van der Waals surface area contributed by atoms with Crippen LogP contribution in [0.5, 0.6) is 0 Å². The molecular weight excluding hydrogens is 172 g/mol. The maximum Gasteiger partial charge on any atom is 0.234 e. The molecule has 2 rings (SSSR count). The van der Waals surface area contributed by atoms with Crippen LogP contribution < -0.4 is 5.32 Å². The minimum atomic E-state index is 0.0677. The van der Waals surface area contributed by atoms with E-state index >= 15 is 0 Å². The first-order valence-corrected chi connectivity index (χ1v) is 4.63. The van der Waals surface area contributed by atoms with E-state index in [2.05, 4.69) is 10.3 Å². The van der Waals surface area contributed by atoms with E-state index in [0.29, 0.717) is 5.75 Å². The van der Waals surface area contributed by atoms with E-state index in [4.69, 9.17) is 0 Å². The summed E-state index contributed by atoms with van der Waals surface area (Å²) in [6.07, 6.45) is 1.80. The van der Waals surface area contributed by atoms with Crippen molar-refractivity contribution < 1.29 is 4.79 Å². The molecule has 0 bridgehead atoms. The van der Waals surface area contributed by atoms with Crippen LogP contribution >= 0.6 is 11.8 Å². The Morgan fingerprint density at radius 2 is 2.50 bits per heavy atom. The Kier molecular flexibility index (Phi) is 1.77. The van der Waals surface area contributed by atoms with Crippen molar-refractivity contribution in [3.8, 4) is 0 Å². The SMILES string of the molecule is Cc1cc2c(cn1)SCC(=O)N2. The van der Waals surface area contributed by atoms with Crippen molar-refractivity contribution in [1.82, 2.24) is 4.98 Å². The number of nitrogens with one attached hydrogen (secondary N) is 1. The van der Waals surface area contributed by atoms with Crippen LogP contribution in [0, 0.1) is 6.92 Å². The van der Waals surface area contributed by atoms with Crippen molar-refractivity contribution in [1.29, 1.82) is 0 Å². The molecule has 1 aliphatic heterocycles. The van der Waals surface area contributed by atoms with Gasteiger partial charge in [-0.15, -0.1) is 11.8 Å². The highest BCUT2D eigenvalue weighted by Crippen LogP contribution is 2.30. The van der Waals surface area contributed by atoms with E-state index < -0.39 is 0 Å². The van der Waals surface area contributed by atoms with Crippen LogP contribution in [-0.2, 0) is 4.79 Å². The summed E-state index contributed by atoms with van der Waals surface area (Å²) in [5, 5.41) is 2.80. The summed E-state index contributed by atoms with van der Waals surface area (Å²) < 4.78 is 0. The van der Waals surface area contributed by atoms with Gasteiger partial charge in [-0.25, -0.2) is 0 Å². The van der Waals surface area contributed by atoms with Crippen LogP contribution in [0.25, 0.3) is 0 Å². The molecule has 0 radical (unpaired) electrons. The normalized spacial score (nSPS) is 15.2. The lowest BCUT2D eigenvalue weighted by atomic mass is 10.3. The molecule has 2 heterocycles. The second-order valence-electron chi connectivity index (χ2n) is 2.66. The van der Waals surface area contributed by atoms with Gasteiger partial charge in [0.2, 0.25) is 5.91 Å². The molecule has 12 heavy (non-hydrogen) atoms. The molecule has 1 aromatic rings. The summed E-state index contributed by atoms with van der Waals surface area (Å²) in [6.45, 7) is 1.91. The van der Waals surface area contributed by atoms with Gasteiger partial charge in [-0.1, -0.05) is 0 Å². The van der Waals surface area contributed by atoms with Crippen LogP contribution in [0.4, 0.5) is 5.69 Å². The number of pyridine rings is 1. The number of fused-ring (bicyclic) bond motifs is 1. The maximum atomic E-state index is 11.0. The van der Waals surface area contributed by atoms with Gasteiger partial charge in [0.1, 0.15) is 0 Å². The first-order chi connectivity index (χ1) is 5.75. The van der Waals surface area contributed by atoms with E-state index in [1.807, 2.05) is 13.0 Å². The Bertz CT molecular complexity index is 338. The van der Waals surface area contributed by atoms with Gasteiger partial charge in [0, 0.05) is 16.8 Å². The van der Waals surface area contributed by atoms with Crippen molar-refractivity contribution in [2.45, 2.75) is 11.8 Å². The lowest BCUT2D eigenvalue weighted by Crippen LogP contribution is -2.18. The number of amides is 1. The highest BCUT2D eigenvalue weighted by molar-refractivity contribution is 8.00. The molecule has 1 aromatic heterocycles. The zero-order valence-corrected chi connectivity index (χ0v) is 7.44. The molecule has 0 aliphatic carbocycles. The fourth-order valence-electron chi connectivity index (χ4n) is 1.09. The van der Waals surface area contributed by atoms with Gasteiger partial charge in [0.15, 0.2) is 0 Å². The number of rotatable bonds is 0. The van der Waals surface area contributed by atoms with E-state index in [-0.39, 0.29) is 5.91 Å². The van der Waals surface area contributed by atoms with E-state index in [1.165, 1.54) is 11.8 Å². The smallest absolute Gasteiger partial charge is 0.234 e. The predicted molar refractivity (Wildman–Crippen MR) is 48.3 cm³/mol. The molecule has 4 heteroatoms. The molecule has 1 amide bonds. The highest BCUT2D eigenvalue weighted by Gasteiger charge is 2.14. The summed E-state index contributed by atoms with van der Waals surface area (Å²) in [5.74, 6) is 0.565. The summed E-state index contributed by atoms with van der Waals surface area (Å²) in [5.41, 5.74) is 1.82. The molecule has 0 unspecified atom stereocenters. The molecular formula is C8H8N2OS. The van der Waals surface area contributed by atoms with Gasteiger partial charge in [-0.3, -0.25) is 9.78 Å². The Morgan fingerprint density at radius 3 is 3.33 bits per heavy atom. The summed E-state index contributed by atoms with van der Waals surface area (Å²) in [6, 6.07) is 1.89. The molecule has 0 saturated carbocycles. The van der Waals surface area contributed by atoms with Gasteiger partial charge in [-0.05, 0) is 13.0 Å². The number of anilines is 1. The molecule has 0 fully saturated rings. The zero-order valence-electron chi connectivity index (χ0n) is 6.63. The highest BCUT2D eigenvalue weighted by atomic mass is 32.2. The van der Waals surface area contributed by atoms with Crippen LogP contribution in [-0.4, -0.2) is 16.6 Å². The van der Waals surface area contributed by atoms with Gasteiger partial charge >= 0.3 is 0 Å². The summed E-state index contributed by atoms with van der Waals surface area (Å²) >= 11 is 1.53. The molecule has 0 atom stereocenters. The lowest BCUT2D eigenvalue weighted by Gasteiger charge is -2.15. The van der Waals surface area contributed by atoms with E-state index in [1.54, 1.807) is 6.20 Å². The average Bonchev–Trinajstić information content (AvgIpc) is 2.03. The second kappa shape index (κ2) is 2.79. The largest absolute Gasteiger partial charge is 0.324 e. The molecule has 0 spiro atoms. The van der Waals surface area contributed by atoms with Crippen LogP contribution in [0.1, 0.15) is 5.69 Å². The molecule has 3 nitrogen and oxygen atoms in total. The minimum Gasteiger partial charge on any atom is -0.324 e. The molecule has 0 saturated heterocycles. The fraction of sp³-hybridized carbons (Fsp3) is 0.250. The van der Waals surface area contributed by atoms with Crippen molar-refractivity contribution in [3.05, 3.63) is 18.0 Å². The number of carbonyl (C=O) groups is 1. The minimum absolute atomic E-state index is 0.0677. The third-order valence-corrected chi connectivity index (χ3v) is 2.68. The third-order valence-electron chi connectivity index (χ3n) is 1.64. The standard InChI is InChI=1S/C8H8N2OS/c1-5-2-6-7(3-9-5)12-4-8(11)10-6/h2-3H,4H2,1H3,(H,10,11). The first kappa shape index (κ1) is 7.61. The van der Waals surface area contributed by atoms with Crippen LogP contribution in [0.3, 0.4) is 0 Å². The third kappa shape index (κ3) is 1.30. The number of hydrogen-bond acceptors (Lipinski definition) is 3. The van der Waals surface area contributed by atoms with Gasteiger partial charge in [0.05, 0.1) is 11.4 Å². The number of aromatic nitrogens is 1. The Morgan fingerprint density at radius 1 is 1.67 bits per heavy atom. The summed E-state index contributed by atoms with van der Waals surface area (Å²) in [4.78, 5) is 16.2. The van der Waals surface area contributed by atoms with Crippen LogP contribution in [0.2, 0.25) is 0 Å². The monoisotopic (exact) mass is 180 g/mol. The van der Waals surface area contributed by atoms with E-state index in [0.717, 1.165) is 16.3 Å². The lowest BCUT2D eigenvalue weighted by molar-refractivity contribution is -0.113. The zero-order chi connectivity index (χ0) is 8.55.